The highest BCUT2D eigenvalue weighted by Gasteiger charge is 2.20. The number of hydrogen-bond donors (Lipinski definition) is 1. The van der Waals surface area contributed by atoms with Crippen molar-refractivity contribution in [3.8, 4) is 0 Å². The third-order valence-corrected chi connectivity index (χ3v) is 3.58. The van der Waals surface area contributed by atoms with Gasteiger partial charge in [0, 0.05) is 50.3 Å². The van der Waals surface area contributed by atoms with Crippen molar-refractivity contribution in [3.63, 3.8) is 0 Å². The molecule has 2 aromatic rings. The number of nitrogens with zero attached hydrogens (tertiary/aromatic N) is 4. The molecule has 1 aliphatic rings. The first kappa shape index (κ1) is 12.1. The Morgan fingerprint density at radius 1 is 1.26 bits per heavy atom. The van der Waals surface area contributed by atoms with E-state index in [1.807, 2.05) is 11.1 Å². The molecule has 0 saturated carbocycles. The fraction of sp³-hybridized carbons (Fsp3) is 0.462. The molecule has 1 aliphatic heterocycles. The largest absolute Gasteiger partial charge is 0.344 e. The van der Waals surface area contributed by atoms with Gasteiger partial charge in [0.15, 0.2) is 5.65 Å². The molecule has 3 rings (SSSR count). The van der Waals surface area contributed by atoms with Gasteiger partial charge in [0.2, 0.25) is 5.91 Å². The summed E-state index contributed by atoms with van der Waals surface area (Å²) in [5.74, 6) is 0.166. The molecular formula is C13H17N5O. The van der Waals surface area contributed by atoms with E-state index in [-0.39, 0.29) is 5.91 Å². The average molecular weight is 259 g/mol. The smallest absolute Gasteiger partial charge is 0.227 e. The molecule has 0 bridgehead atoms. The summed E-state index contributed by atoms with van der Waals surface area (Å²) < 4.78 is 0. The van der Waals surface area contributed by atoms with Crippen LogP contribution in [-0.4, -0.2) is 63.9 Å². The van der Waals surface area contributed by atoms with Gasteiger partial charge in [0.1, 0.15) is 5.52 Å². The summed E-state index contributed by atoms with van der Waals surface area (Å²) in [5, 5.41) is 0. The normalized spacial score (nSPS) is 17.0. The molecule has 19 heavy (non-hydrogen) atoms. The minimum absolute atomic E-state index is 0.166. The van der Waals surface area contributed by atoms with E-state index in [9.17, 15) is 4.79 Å². The predicted octanol–water partition coefficient (Wildman–Crippen LogP) is 0.274. The zero-order valence-corrected chi connectivity index (χ0v) is 11.0. The van der Waals surface area contributed by atoms with Crippen molar-refractivity contribution in [1.29, 1.82) is 0 Å². The summed E-state index contributed by atoms with van der Waals surface area (Å²) in [4.78, 5) is 27.9. The quantitative estimate of drug-likeness (QED) is 0.841. The zero-order chi connectivity index (χ0) is 13.2. The molecule has 0 spiro atoms. The van der Waals surface area contributed by atoms with Gasteiger partial charge in [-0.2, -0.15) is 0 Å². The lowest BCUT2D eigenvalue weighted by Crippen LogP contribution is -2.47. The molecule has 0 aromatic carbocycles. The standard InChI is InChI=1S/C13H17N5O/c1-17-4-6-18(7-5-17)11(19)8-10-9-16-13-12(10)14-2-3-15-13/h2-3,9H,4-8H2,1H3,(H,15,16). The van der Waals surface area contributed by atoms with Gasteiger partial charge in [0.05, 0.1) is 6.42 Å². The first-order chi connectivity index (χ1) is 9.24. The Bertz CT molecular complexity index is 585. The highest BCUT2D eigenvalue weighted by atomic mass is 16.2. The maximum Gasteiger partial charge on any atom is 0.227 e. The van der Waals surface area contributed by atoms with Crippen LogP contribution in [0.2, 0.25) is 0 Å². The number of carbonyl (C=O) groups is 1. The van der Waals surface area contributed by atoms with Crippen LogP contribution in [0.5, 0.6) is 0 Å². The molecule has 0 unspecified atom stereocenters. The second kappa shape index (κ2) is 4.97. The van der Waals surface area contributed by atoms with Crippen LogP contribution in [0.25, 0.3) is 11.2 Å². The Kier molecular flexibility index (Phi) is 3.16. The summed E-state index contributed by atoms with van der Waals surface area (Å²) in [5.41, 5.74) is 2.46. The molecule has 1 amide bonds. The van der Waals surface area contributed by atoms with E-state index < -0.39 is 0 Å². The lowest BCUT2D eigenvalue weighted by atomic mass is 10.2. The summed E-state index contributed by atoms with van der Waals surface area (Å²) in [6, 6.07) is 0. The van der Waals surface area contributed by atoms with Crippen LogP contribution in [0.1, 0.15) is 5.56 Å². The van der Waals surface area contributed by atoms with Crippen molar-refractivity contribution in [2.45, 2.75) is 6.42 Å². The molecule has 2 aromatic heterocycles. The Morgan fingerprint density at radius 3 is 2.79 bits per heavy atom. The maximum absolute atomic E-state index is 12.3. The van der Waals surface area contributed by atoms with Crippen molar-refractivity contribution in [3.05, 3.63) is 24.2 Å². The molecule has 1 N–H and O–H groups in total. The van der Waals surface area contributed by atoms with E-state index in [1.165, 1.54) is 0 Å². The minimum atomic E-state index is 0.166. The summed E-state index contributed by atoms with van der Waals surface area (Å²) in [7, 11) is 2.08. The Hall–Kier alpha value is -1.95. The van der Waals surface area contributed by atoms with Crippen LogP contribution >= 0.6 is 0 Å². The molecule has 0 radical (unpaired) electrons. The van der Waals surface area contributed by atoms with E-state index in [2.05, 4.69) is 26.9 Å². The molecule has 6 heteroatoms. The number of aromatic nitrogens is 3. The van der Waals surface area contributed by atoms with Gasteiger partial charge in [-0.05, 0) is 7.05 Å². The monoisotopic (exact) mass is 259 g/mol. The number of nitrogens with one attached hydrogen (secondary N) is 1. The van der Waals surface area contributed by atoms with E-state index in [0.29, 0.717) is 6.42 Å². The topological polar surface area (TPSA) is 65.1 Å². The molecule has 0 atom stereocenters. The van der Waals surface area contributed by atoms with E-state index in [1.54, 1.807) is 12.4 Å². The van der Waals surface area contributed by atoms with Crippen molar-refractivity contribution in [2.24, 2.45) is 0 Å². The van der Waals surface area contributed by atoms with Crippen molar-refractivity contribution < 1.29 is 4.79 Å². The molecule has 1 fully saturated rings. The number of fused-ring (bicyclic) bond motifs is 1. The summed E-state index contributed by atoms with van der Waals surface area (Å²) >= 11 is 0. The lowest BCUT2D eigenvalue weighted by molar-refractivity contribution is -0.132. The first-order valence-electron chi connectivity index (χ1n) is 6.47. The van der Waals surface area contributed by atoms with Crippen LogP contribution in [0, 0.1) is 0 Å². The van der Waals surface area contributed by atoms with E-state index in [4.69, 9.17) is 0 Å². The summed E-state index contributed by atoms with van der Waals surface area (Å²) in [6.45, 7) is 3.51. The minimum Gasteiger partial charge on any atom is -0.344 e. The number of aromatic amines is 1. The van der Waals surface area contributed by atoms with Gasteiger partial charge in [-0.25, -0.2) is 4.98 Å². The maximum atomic E-state index is 12.3. The average Bonchev–Trinajstić information content (AvgIpc) is 2.83. The van der Waals surface area contributed by atoms with Gasteiger partial charge in [0.25, 0.3) is 0 Å². The van der Waals surface area contributed by atoms with Crippen LogP contribution in [-0.2, 0) is 11.2 Å². The molecular weight excluding hydrogens is 242 g/mol. The van der Waals surface area contributed by atoms with E-state index in [0.717, 1.165) is 42.9 Å². The second-order valence-electron chi connectivity index (χ2n) is 4.93. The fourth-order valence-corrected chi connectivity index (χ4v) is 2.37. The van der Waals surface area contributed by atoms with Gasteiger partial charge in [-0.1, -0.05) is 0 Å². The molecule has 100 valence electrons. The zero-order valence-electron chi connectivity index (χ0n) is 11.0. The number of likely N-dealkylation sites (N-methyl/N-ethyl adjacent to an activating group) is 1. The summed E-state index contributed by atoms with van der Waals surface area (Å²) in [6.07, 6.45) is 5.52. The first-order valence-corrected chi connectivity index (χ1v) is 6.47. The Balaban J connectivity index is 1.72. The molecule has 0 aliphatic carbocycles. The van der Waals surface area contributed by atoms with Gasteiger partial charge in [-0.15, -0.1) is 0 Å². The van der Waals surface area contributed by atoms with Gasteiger partial charge in [-0.3, -0.25) is 9.78 Å². The predicted molar refractivity (Wildman–Crippen MR) is 71.7 cm³/mol. The van der Waals surface area contributed by atoms with Gasteiger partial charge >= 0.3 is 0 Å². The number of H-pyrrole nitrogens is 1. The molecule has 3 heterocycles. The van der Waals surface area contributed by atoms with Crippen LogP contribution in [0.15, 0.2) is 18.6 Å². The Morgan fingerprint density at radius 2 is 2.00 bits per heavy atom. The highest BCUT2D eigenvalue weighted by molar-refractivity contribution is 5.85. The van der Waals surface area contributed by atoms with Crippen molar-refractivity contribution in [2.75, 3.05) is 33.2 Å². The SMILES string of the molecule is CN1CCN(C(=O)Cc2c[nH]c3nccnc23)CC1. The number of amides is 1. The highest BCUT2D eigenvalue weighted by Crippen LogP contribution is 2.14. The van der Waals surface area contributed by atoms with E-state index >= 15 is 0 Å². The fourth-order valence-electron chi connectivity index (χ4n) is 2.37. The number of piperazine rings is 1. The Labute approximate surface area is 111 Å². The van der Waals surface area contributed by atoms with Crippen LogP contribution < -0.4 is 0 Å². The number of rotatable bonds is 2. The van der Waals surface area contributed by atoms with Gasteiger partial charge < -0.3 is 14.8 Å². The van der Waals surface area contributed by atoms with Crippen LogP contribution in [0.4, 0.5) is 0 Å². The van der Waals surface area contributed by atoms with Crippen LogP contribution in [0.3, 0.4) is 0 Å². The second-order valence-corrected chi connectivity index (χ2v) is 4.93. The molecule has 6 nitrogen and oxygen atoms in total. The number of hydrogen-bond acceptors (Lipinski definition) is 4. The van der Waals surface area contributed by atoms with Crippen molar-refractivity contribution >= 4 is 17.1 Å². The number of carbonyl (C=O) groups excluding carboxylic acids is 1. The third kappa shape index (κ3) is 2.44. The molecule has 1 saturated heterocycles. The van der Waals surface area contributed by atoms with Crippen molar-refractivity contribution in [1.82, 2.24) is 24.8 Å². The lowest BCUT2D eigenvalue weighted by Gasteiger charge is -2.32. The third-order valence-electron chi connectivity index (χ3n) is 3.58.